The fourth-order valence-corrected chi connectivity index (χ4v) is 3.88. The minimum atomic E-state index is -1.39. The molecule has 1 aliphatic rings. The Morgan fingerprint density at radius 2 is 1.72 bits per heavy atom. The molecule has 5 amide bonds. The van der Waals surface area contributed by atoms with Crippen LogP contribution in [0.4, 0.5) is 0 Å². The van der Waals surface area contributed by atoms with E-state index in [1.54, 1.807) is 0 Å². The first-order valence-electron chi connectivity index (χ1n) is 14.0. The normalized spacial score (nSPS) is 16.8. The first kappa shape index (κ1) is 37.8. The fourth-order valence-electron chi connectivity index (χ4n) is 3.62. The number of ether oxygens (including phenoxy) is 2. The number of nitrogens with zero attached hydrogens (tertiary/aromatic N) is 1. The highest BCUT2D eigenvalue weighted by molar-refractivity contribution is 7.80. The van der Waals surface area contributed by atoms with Crippen LogP contribution in [0.3, 0.4) is 0 Å². The number of rotatable bonds is 18. The van der Waals surface area contributed by atoms with Crippen molar-refractivity contribution < 1.29 is 48.1 Å². The molecule has 16 heteroatoms. The average molecular weight is 632 g/mol. The van der Waals surface area contributed by atoms with E-state index in [1.165, 1.54) is 0 Å². The van der Waals surface area contributed by atoms with Gasteiger partial charge in [0.15, 0.2) is 6.10 Å². The number of nitrogens with one attached hydrogen (secondary N) is 3. The van der Waals surface area contributed by atoms with Crippen LogP contribution >= 0.6 is 12.6 Å². The van der Waals surface area contributed by atoms with Crippen molar-refractivity contribution in [2.45, 2.75) is 90.5 Å². The molecule has 0 bridgehead atoms. The third-order valence-corrected chi connectivity index (χ3v) is 6.59. The number of aliphatic carboxylic acids is 1. The molecular formula is C27H45N5O10S. The monoisotopic (exact) mass is 631 g/mol. The standard InChI is InChI=1S/C27H45N5O10S/c1-26(2,3)15-41-27(4,5)9-10-29-19(33)8-11-32-21(35)12-18(24(32)38)42-22(36)13-30-23(37)17(14-43)31-20(34)7-6-16(28)25(39)40/h16-18,43H,6-15,28H2,1-5H3,(H,29,33)(H,30,37)(H,31,34)(H,39,40). The Bertz CT molecular complexity index is 1050. The number of likely N-dealkylation sites (tertiary alicyclic amines) is 1. The lowest BCUT2D eigenvalue weighted by Crippen LogP contribution is -2.49. The summed E-state index contributed by atoms with van der Waals surface area (Å²) in [5, 5.41) is 16.1. The Morgan fingerprint density at radius 1 is 1.07 bits per heavy atom. The van der Waals surface area contributed by atoms with Gasteiger partial charge in [-0.1, -0.05) is 20.8 Å². The molecule has 0 saturated carbocycles. The van der Waals surface area contributed by atoms with E-state index in [4.69, 9.17) is 20.3 Å². The lowest BCUT2D eigenvalue weighted by atomic mass is 9.97. The highest BCUT2D eigenvalue weighted by Gasteiger charge is 2.41. The third kappa shape index (κ3) is 14.7. The van der Waals surface area contributed by atoms with Crippen LogP contribution in [-0.4, -0.2) is 107 Å². The average Bonchev–Trinajstić information content (AvgIpc) is 3.17. The minimum Gasteiger partial charge on any atom is -0.480 e. The van der Waals surface area contributed by atoms with E-state index < -0.39 is 72.3 Å². The van der Waals surface area contributed by atoms with E-state index in [1.807, 2.05) is 13.8 Å². The van der Waals surface area contributed by atoms with Gasteiger partial charge < -0.3 is 36.3 Å². The van der Waals surface area contributed by atoms with Crippen LogP contribution in [0.1, 0.15) is 66.7 Å². The summed E-state index contributed by atoms with van der Waals surface area (Å²) in [4.78, 5) is 85.4. The molecule has 1 fully saturated rings. The first-order valence-corrected chi connectivity index (χ1v) is 14.6. The number of carboxylic acids is 1. The summed E-state index contributed by atoms with van der Waals surface area (Å²) >= 11 is 3.99. The second kappa shape index (κ2) is 17.2. The molecule has 6 N–H and O–H groups in total. The molecule has 0 aromatic rings. The van der Waals surface area contributed by atoms with Crippen LogP contribution in [0.25, 0.3) is 0 Å². The molecule has 0 aromatic carbocycles. The molecule has 1 saturated heterocycles. The first-order chi connectivity index (χ1) is 19.8. The number of thiol groups is 1. The fraction of sp³-hybridized carbons (Fsp3) is 0.741. The van der Waals surface area contributed by atoms with Crippen molar-refractivity contribution in [3.05, 3.63) is 0 Å². The molecule has 0 spiro atoms. The third-order valence-electron chi connectivity index (χ3n) is 6.22. The number of nitrogens with two attached hydrogens (primary N) is 1. The van der Waals surface area contributed by atoms with Crippen molar-refractivity contribution in [2.24, 2.45) is 11.1 Å². The van der Waals surface area contributed by atoms with Gasteiger partial charge in [0.1, 0.15) is 18.6 Å². The maximum Gasteiger partial charge on any atom is 0.326 e. The smallest absolute Gasteiger partial charge is 0.326 e. The summed E-state index contributed by atoms with van der Waals surface area (Å²) in [6, 6.07) is -2.37. The Labute approximate surface area is 256 Å². The van der Waals surface area contributed by atoms with Crippen molar-refractivity contribution in [2.75, 3.05) is 32.0 Å². The molecule has 0 aromatic heterocycles. The van der Waals surface area contributed by atoms with Gasteiger partial charge in [0.05, 0.1) is 18.6 Å². The van der Waals surface area contributed by atoms with E-state index in [9.17, 15) is 33.6 Å². The summed E-state index contributed by atoms with van der Waals surface area (Å²) in [6.07, 6.45) is -1.74. The summed E-state index contributed by atoms with van der Waals surface area (Å²) in [6.45, 7) is 10.1. The molecule has 43 heavy (non-hydrogen) atoms. The van der Waals surface area contributed by atoms with Gasteiger partial charge >= 0.3 is 11.9 Å². The quantitative estimate of drug-likeness (QED) is 0.0619. The summed E-state index contributed by atoms with van der Waals surface area (Å²) in [5.74, 6) is -5.51. The zero-order valence-electron chi connectivity index (χ0n) is 25.4. The van der Waals surface area contributed by atoms with E-state index in [0.717, 1.165) is 4.90 Å². The van der Waals surface area contributed by atoms with Crippen molar-refractivity contribution in [1.82, 2.24) is 20.9 Å². The number of imide groups is 1. The van der Waals surface area contributed by atoms with Gasteiger partial charge in [-0.15, -0.1) is 0 Å². The molecule has 0 aliphatic carbocycles. The number of carbonyl (C=O) groups is 7. The van der Waals surface area contributed by atoms with Gasteiger partial charge in [0.2, 0.25) is 23.6 Å². The molecule has 0 radical (unpaired) electrons. The molecule has 1 aliphatic heterocycles. The lowest BCUT2D eigenvalue weighted by Gasteiger charge is -2.30. The van der Waals surface area contributed by atoms with E-state index >= 15 is 0 Å². The molecular weight excluding hydrogens is 586 g/mol. The number of hydrogen-bond acceptors (Lipinski definition) is 11. The molecule has 3 atom stereocenters. The Kier molecular flexibility index (Phi) is 15.1. The van der Waals surface area contributed by atoms with Gasteiger partial charge in [-0.25, -0.2) is 0 Å². The zero-order valence-corrected chi connectivity index (χ0v) is 26.3. The van der Waals surface area contributed by atoms with Crippen LogP contribution in [-0.2, 0) is 43.0 Å². The predicted molar refractivity (Wildman–Crippen MR) is 157 cm³/mol. The van der Waals surface area contributed by atoms with E-state index in [2.05, 4.69) is 49.4 Å². The van der Waals surface area contributed by atoms with Gasteiger partial charge in [-0.2, -0.15) is 12.6 Å². The lowest BCUT2D eigenvalue weighted by molar-refractivity contribution is -0.156. The van der Waals surface area contributed by atoms with Gasteiger partial charge in [0.25, 0.3) is 5.91 Å². The van der Waals surface area contributed by atoms with Crippen molar-refractivity contribution in [1.29, 1.82) is 0 Å². The number of carbonyl (C=O) groups excluding carboxylic acids is 6. The maximum atomic E-state index is 12.6. The molecule has 3 unspecified atom stereocenters. The number of carboxylic acid groups (broad SMARTS) is 1. The van der Waals surface area contributed by atoms with Crippen LogP contribution < -0.4 is 21.7 Å². The SMILES string of the molecule is CC(C)(C)COC(C)(C)CCNC(=O)CCN1C(=O)CC(OC(=O)CNC(=O)C(CS)NC(=O)CCC(N)C(=O)O)C1=O. The highest BCUT2D eigenvalue weighted by Crippen LogP contribution is 2.21. The Morgan fingerprint density at radius 3 is 2.30 bits per heavy atom. The second-order valence-corrected chi connectivity index (χ2v) is 12.4. The number of esters is 1. The van der Waals surface area contributed by atoms with Crippen LogP contribution in [0.5, 0.6) is 0 Å². The molecule has 1 rings (SSSR count). The predicted octanol–water partition coefficient (Wildman–Crippen LogP) is -0.882. The summed E-state index contributed by atoms with van der Waals surface area (Å²) in [5.41, 5.74) is 4.91. The number of amides is 5. The summed E-state index contributed by atoms with van der Waals surface area (Å²) < 4.78 is 11.0. The Hall–Kier alpha value is -3.24. The van der Waals surface area contributed by atoms with Gasteiger partial charge in [0, 0.05) is 31.7 Å². The van der Waals surface area contributed by atoms with Crippen LogP contribution in [0.2, 0.25) is 0 Å². The Balaban J connectivity index is 2.44. The van der Waals surface area contributed by atoms with Gasteiger partial charge in [-0.05, 0) is 32.1 Å². The van der Waals surface area contributed by atoms with Crippen LogP contribution in [0.15, 0.2) is 0 Å². The molecule has 1 heterocycles. The van der Waals surface area contributed by atoms with Crippen molar-refractivity contribution in [3.8, 4) is 0 Å². The van der Waals surface area contributed by atoms with Gasteiger partial charge in [-0.3, -0.25) is 38.5 Å². The largest absolute Gasteiger partial charge is 0.480 e. The minimum absolute atomic E-state index is 0.00614. The highest BCUT2D eigenvalue weighted by atomic mass is 32.1. The number of hydrogen-bond donors (Lipinski definition) is 6. The summed E-state index contributed by atoms with van der Waals surface area (Å²) in [7, 11) is 0. The topological polar surface area (TPSA) is 224 Å². The van der Waals surface area contributed by atoms with Crippen LogP contribution in [0, 0.1) is 5.41 Å². The van der Waals surface area contributed by atoms with Crippen molar-refractivity contribution >= 4 is 54.1 Å². The molecule has 15 nitrogen and oxygen atoms in total. The zero-order chi connectivity index (χ0) is 33.0. The molecule has 244 valence electrons. The van der Waals surface area contributed by atoms with E-state index in [0.29, 0.717) is 19.6 Å². The van der Waals surface area contributed by atoms with E-state index in [-0.39, 0.29) is 42.9 Å². The maximum absolute atomic E-state index is 12.6. The second-order valence-electron chi connectivity index (χ2n) is 12.0. The van der Waals surface area contributed by atoms with Crippen molar-refractivity contribution in [3.63, 3.8) is 0 Å².